The van der Waals surface area contributed by atoms with Crippen molar-refractivity contribution in [3.63, 3.8) is 0 Å². The zero-order valence-corrected chi connectivity index (χ0v) is 19.9. The number of nitrogens with one attached hydrogen (secondary N) is 2. The summed E-state index contributed by atoms with van der Waals surface area (Å²) in [6.07, 6.45) is 0.601. The number of hydrogen-bond donors (Lipinski definition) is 2. The summed E-state index contributed by atoms with van der Waals surface area (Å²) in [6.45, 7) is 2.47. The Kier molecular flexibility index (Phi) is 7.04. The van der Waals surface area contributed by atoms with Crippen LogP contribution in [-0.4, -0.2) is 25.9 Å². The van der Waals surface area contributed by atoms with Gasteiger partial charge in [-0.3, -0.25) is 9.52 Å². The van der Waals surface area contributed by atoms with E-state index in [1.165, 1.54) is 42.0 Å². The van der Waals surface area contributed by atoms with Crippen molar-refractivity contribution in [1.29, 1.82) is 0 Å². The number of amides is 1. The predicted molar refractivity (Wildman–Crippen MR) is 132 cm³/mol. The van der Waals surface area contributed by atoms with Crippen molar-refractivity contribution in [3.8, 4) is 10.6 Å². The third-order valence-corrected chi connectivity index (χ3v) is 7.38. The molecule has 0 aliphatic heterocycles. The number of carbonyl (C=O) groups excluding carboxylic acids is 1. The average Bonchev–Trinajstić information content (AvgIpc) is 3.29. The topological polar surface area (TPSA) is 88.2 Å². The lowest BCUT2D eigenvalue weighted by molar-refractivity contribution is 0.0954. The van der Waals surface area contributed by atoms with Gasteiger partial charge in [-0.2, -0.15) is 0 Å². The zero-order valence-electron chi connectivity index (χ0n) is 18.3. The van der Waals surface area contributed by atoms with Gasteiger partial charge in [-0.05, 0) is 55.5 Å². The molecular formula is C25H22FN3O3S2. The third-order valence-electron chi connectivity index (χ3n) is 5.04. The van der Waals surface area contributed by atoms with Crippen LogP contribution in [-0.2, 0) is 16.4 Å². The van der Waals surface area contributed by atoms with Crippen molar-refractivity contribution in [2.75, 3.05) is 11.3 Å². The van der Waals surface area contributed by atoms with E-state index in [1.54, 1.807) is 11.3 Å². The van der Waals surface area contributed by atoms with Crippen LogP contribution in [0.4, 0.5) is 10.1 Å². The van der Waals surface area contributed by atoms with Crippen LogP contribution in [0.2, 0.25) is 0 Å². The second-order valence-electron chi connectivity index (χ2n) is 7.65. The molecule has 34 heavy (non-hydrogen) atoms. The minimum Gasteiger partial charge on any atom is -0.352 e. The normalized spacial score (nSPS) is 11.2. The molecule has 1 heterocycles. The van der Waals surface area contributed by atoms with Crippen molar-refractivity contribution in [1.82, 2.24) is 10.3 Å². The van der Waals surface area contributed by atoms with E-state index in [-0.39, 0.29) is 10.8 Å². The Labute approximate surface area is 201 Å². The molecule has 9 heteroatoms. The molecule has 0 unspecified atom stereocenters. The maximum absolute atomic E-state index is 13.0. The number of halogens is 1. The SMILES string of the molecule is Cc1ccc(-c2nc(CCNC(=O)c3ccc(NS(=O)(=O)c4ccc(F)cc4)cc3)cs2)cc1. The molecule has 0 aliphatic carbocycles. The molecule has 0 fully saturated rings. The molecular weight excluding hydrogens is 473 g/mol. The maximum atomic E-state index is 13.0. The second kappa shape index (κ2) is 10.1. The van der Waals surface area contributed by atoms with Gasteiger partial charge in [-0.1, -0.05) is 29.8 Å². The van der Waals surface area contributed by atoms with Crippen LogP contribution in [0.3, 0.4) is 0 Å². The summed E-state index contributed by atoms with van der Waals surface area (Å²) >= 11 is 1.57. The number of thiazole rings is 1. The molecule has 6 nitrogen and oxygen atoms in total. The molecule has 1 amide bonds. The Hall–Kier alpha value is -3.56. The Morgan fingerprint density at radius 1 is 0.971 bits per heavy atom. The number of aromatic nitrogens is 1. The molecule has 4 rings (SSSR count). The molecule has 0 saturated carbocycles. The van der Waals surface area contributed by atoms with Gasteiger partial charge in [-0.25, -0.2) is 17.8 Å². The standard InChI is InChI=1S/C25H22FN3O3S2/c1-17-2-4-19(5-3-17)25-28-22(16-33-25)14-15-27-24(30)18-6-10-21(11-7-18)29-34(31,32)23-12-8-20(26)9-13-23/h2-13,16,29H,14-15H2,1H3,(H,27,30). The predicted octanol–water partition coefficient (Wildman–Crippen LogP) is 5.03. The summed E-state index contributed by atoms with van der Waals surface area (Å²) in [7, 11) is -3.85. The Balaban J connectivity index is 1.30. The lowest BCUT2D eigenvalue weighted by Crippen LogP contribution is -2.25. The van der Waals surface area contributed by atoms with Crippen molar-refractivity contribution < 1.29 is 17.6 Å². The van der Waals surface area contributed by atoms with Crippen LogP contribution < -0.4 is 10.0 Å². The molecule has 0 radical (unpaired) electrons. The number of aryl methyl sites for hydroxylation is 1. The van der Waals surface area contributed by atoms with Crippen LogP contribution in [0, 0.1) is 12.7 Å². The van der Waals surface area contributed by atoms with E-state index < -0.39 is 15.8 Å². The van der Waals surface area contributed by atoms with E-state index in [0.717, 1.165) is 28.4 Å². The Bertz CT molecular complexity index is 1380. The molecule has 3 aromatic carbocycles. The number of anilines is 1. The summed E-state index contributed by atoms with van der Waals surface area (Å²) in [5.74, 6) is -0.780. The molecule has 2 N–H and O–H groups in total. The van der Waals surface area contributed by atoms with Gasteiger partial charge in [0, 0.05) is 35.2 Å². The van der Waals surface area contributed by atoms with Crippen molar-refractivity contribution in [2.45, 2.75) is 18.2 Å². The molecule has 0 aliphatic rings. The van der Waals surface area contributed by atoms with E-state index in [9.17, 15) is 17.6 Å². The number of hydrogen-bond acceptors (Lipinski definition) is 5. The van der Waals surface area contributed by atoms with Gasteiger partial charge in [-0.15, -0.1) is 11.3 Å². The van der Waals surface area contributed by atoms with Crippen molar-refractivity contribution in [2.24, 2.45) is 0 Å². The maximum Gasteiger partial charge on any atom is 0.261 e. The number of rotatable bonds is 8. The summed E-state index contributed by atoms with van der Waals surface area (Å²) in [4.78, 5) is 17.0. The van der Waals surface area contributed by atoms with Crippen LogP contribution >= 0.6 is 11.3 Å². The number of benzene rings is 3. The fourth-order valence-corrected chi connectivity index (χ4v) is 5.09. The minimum atomic E-state index is -3.85. The Morgan fingerprint density at radius 3 is 2.32 bits per heavy atom. The lowest BCUT2D eigenvalue weighted by atomic mass is 10.2. The first-order valence-corrected chi connectivity index (χ1v) is 12.8. The number of carbonyl (C=O) groups is 1. The highest BCUT2D eigenvalue weighted by Gasteiger charge is 2.15. The lowest BCUT2D eigenvalue weighted by Gasteiger charge is -2.09. The minimum absolute atomic E-state index is 0.0525. The van der Waals surface area contributed by atoms with Gasteiger partial charge in [0.15, 0.2) is 0 Å². The quantitative estimate of drug-likeness (QED) is 0.359. The highest BCUT2D eigenvalue weighted by Crippen LogP contribution is 2.24. The van der Waals surface area contributed by atoms with E-state index in [4.69, 9.17) is 0 Å². The van der Waals surface area contributed by atoms with Crippen molar-refractivity contribution >= 4 is 33.0 Å². The zero-order chi connectivity index (χ0) is 24.1. The van der Waals surface area contributed by atoms with Gasteiger partial charge in [0.2, 0.25) is 0 Å². The summed E-state index contributed by atoms with van der Waals surface area (Å²) in [6, 6.07) is 18.8. The second-order valence-corrected chi connectivity index (χ2v) is 10.2. The van der Waals surface area contributed by atoms with E-state index in [0.29, 0.717) is 24.2 Å². The Morgan fingerprint density at radius 2 is 1.65 bits per heavy atom. The molecule has 0 bridgehead atoms. The molecule has 1 aromatic heterocycles. The van der Waals surface area contributed by atoms with Gasteiger partial charge in [0.1, 0.15) is 10.8 Å². The fraction of sp³-hybridized carbons (Fsp3) is 0.120. The van der Waals surface area contributed by atoms with Gasteiger partial charge in [0.25, 0.3) is 15.9 Å². The van der Waals surface area contributed by atoms with E-state index >= 15 is 0 Å². The van der Waals surface area contributed by atoms with E-state index in [2.05, 4.69) is 27.2 Å². The average molecular weight is 496 g/mol. The fourth-order valence-electron chi connectivity index (χ4n) is 3.17. The van der Waals surface area contributed by atoms with Gasteiger partial charge >= 0.3 is 0 Å². The van der Waals surface area contributed by atoms with Crippen LogP contribution in [0.1, 0.15) is 21.6 Å². The van der Waals surface area contributed by atoms with E-state index in [1.807, 2.05) is 24.4 Å². The van der Waals surface area contributed by atoms with Gasteiger partial charge in [0.05, 0.1) is 10.6 Å². The molecule has 0 saturated heterocycles. The molecule has 174 valence electrons. The summed E-state index contributed by atoms with van der Waals surface area (Å²) in [5.41, 5.74) is 3.88. The monoisotopic (exact) mass is 495 g/mol. The van der Waals surface area contributed by atoms with Crippen molar-refractivity contribution in [3.05, 3.63) is 101 Å². The van der Waals surface area contributed by atoms with Crippen LogP contribution in [0.15, 0.2) is 83.1 Å². The van der Waals surface area contributed by atoms with Crippen LogP contribution in [0.25, 0.3) is 10.6 Å². The molecule has 0 spiro atoms. The molecule has 0 atom stereocenters. The third kappa shape index (κ3) is 5.86. The largest absolute Gasteiger partial charge is 0.352 e. The summed E-state index contributed by atoms with van der Waals surface area (Å²) in [5, 5.41) is 5.79. The highest BCUT2D eigenvalue weighted by atomic mass is 32.2. The molecule has 4 aromatic rings. The highest BCUT2D eigenvalue weighted by molar-refractivity contribution is 7.92. The number of sulfonamides is 1. The first-order valence-electron chi connectivity index (χ1n) is 10.5. The first-order chi connectivity index (χ1) is 16.3. The first kappa shape index (κ1) is 23.6. The number of nitrogens with zero attached hydrogens (tertiary/aromatic N) is 1. The van der Waals surface area contributed by atoms with Crippen LogP contribution in [0.5, 0.6) is 0 Å². The smallest absolute Gasteiger partial charge is 0.261 e. The summed E-state index contributed by atoms with van der Waals surface area (Å²) < 4.78 is 40.2. The van der Waals surface area contributed by atoms with Gasteiger partial charge < -0.3 is 5.32 Å².